The first-order valence-electron chi connectivity index (χ1n) is 9.10. The molecule has 8 heteroatoms. The Morgan fingerprint density at radius 3 is 2.64 bits per heavy atom. The lowest BCUT2D eigenvalue weighted by Gasteiger charge is -2.22. The summed E-state index contributed by atoms with van der Waals surface area (Å²) in [6.07, 6.45) is 0.247. The first-order chi connectivity index (χ1) is 13.4. The van der Waals surface area contributed by atoms with Crippen LogP contribution in [0.5, 0.6) is 0 Å². The quantitative estimate of drug-likeness (QED) is 0.612. The Hall–Kier alpha value is -2.45. The van der Waals surface area contributed by atoms with E-state index in [1.165, 1.54) is 23.3 Å². The van der Waals surface area contributed by atoms with Crippen LogP contribution in [-0.2, 0) is 22.7 Å². The monoisotopic (exact) mass is 417 g/mol. The third-order valence-corrected chi connectivity index (χ3v) is 6.44. The Kier molecular flexibility index (Phi) is 6.64. The van der Waals surface area contributed by atoms with Gasteiger partial charge in [-0.2, -0.15) is 0 Å². The topological polar surface area (TPSA) is 71.4 Å². The fourth-order valence-corrected chi connectivity index (χ4v) is 4.84. The van der Waals surface area contributed by atoms with Gasteiger partial charge in [-0.3, -0.25) is 18.3 Å². The van der Waals surface area contributed by atoms with E-state index in [1.54, 1.807) is 20.2 Å². The molecule has 6 nitrogen and oxygen atoms in total. The highest BCUT2D eigenvalue weighted by atomic mass is 32.1. The van der Waals surface area contributed by atoms with Gasteiger partial charge in [-0.1, -0.05) is 23.7 Å². The number of hydrogen-bond donors (Lipinski definition) is 1. The molecule has 0 bridgehead atoms. The summed E-state index contributed by atoms with van der Waals surface area (Å²) >= 11 is 3.04. The van der Waals surface area contributed by atoms with Crippen LogP contribution < -0.4 is 10.9 Å². The van der Waals surface area contributed by atoms with Crippen molar-refractivity contribution in [3.63, 3.8) is 0 Å². The molecule has 0 unspecified atom stereocenters. The Labute approximate surface area is 171 Å². The Morgan fingerprint density at radius 1 is 1.18 bits per heavy atom. The molecule has 0 atom stereocenters. The van der Waals surface area contributed by atoms with Gasteiger partial charge >= 0.3 is 0 Å². The lowest BCUT2D eigenvalue weighted by Crippen LogP contribution is -2.38. The van der Waals surface area contributed by atoms with E-state index in [0.717, 1.165) is 9.58 Å². The summed E-state index contributed by atoms with van der Waals surface area (Å²) in [7, 11) is 0. The van der Waals surface area contributed by atoms with Crippen LogP contribution in [0.15, 0.2) is 41.2 Å². The predicted molar refractivity (Wildman–Crippen MR) is 114 cm³/mol. The second-order valence-corrected chi connectivity index (χ2v) is 8.99. The number of amides is 2. The number of nitrogens with zero attached hydrogens (tertiary/aromatic N) is 2. The number of carbonyl (C=O) groups is 2. The molecule has 0 aliphatic carbocycles. The van der Waals surface area contributed by atoms with Gasteiger partial charge in [0, 0.05) is 42.7 Å². The molecule has 28 heavy (non-hydrogen) atoms. The molecule has 2 aromatic heterocycles. The minimum Gasteiger partial charge on any atom is -0.355 e. The fourth-order valence-electron chi connectivity index (χ4n) is 2.94. The van der Waals surface area contributed by atoms with Crippen LogP contribution in [0, 0.1) is 6.92 Å². The zero-order chi connectivity index (χ0) is 20.1. The van der Waals surface area contributed by atoms with E-state index in [9.17, 15) is 14.4 Å². The number of nitrogens with one attached hydrogen (secondary N) is 1. The van der Waals surface area contributed by atoms with Crippen molar-refractivity contribution in [3.05, 3.63) is 56.5 Å². The van der Waals surface area contributed by atoms with Crippen molar-refractivity contribution in [2.45, 2.75) is 33.4 Å². The van der Waals surface area contributed by atoms with Crippen molar-refractivity contribution >= 4 is 44.8 Å². The SMILES string of the molecule is CC(=O)NCCN(Cc1ccc(C)s1)C(=O)CCn1sc2ccccc2c1=O. The van der Waals surface area contributed by atoms with E-state index < -0.39 is 0 Å². The molecule has 2 amide bonds. The number of aryl methyl sites for hydroxylation is 2. The molecule has 0 saturated carbocycles. The molecule has 2 heterocycles. The maximum absolute atomic E-state index is 12.8. The van der Waals surface area contributed by atoms with Gasteiger partial charge < -0.3 is 10.2 Å². The van der Waals surface area contributed by atoms with Gasteiger partial charge in [0.15, 0.2) is 0 Å². The first-order valence-corrected chi connectivity index (χ1v) is 10.7. The standard InChI is InChI=1S/C20H23N3O3S2/c1-14-7-8-16(27-14)13-22(12-10-21-15(2)24)19(25)9-11-23-20(26)17-5-3-4-6-18(17)28-23/h3-8H,9-13H2,1-2H3,(H,21,24). The van der Waals surface area contributed by atoms with Crippen molar-refractivity contribution in [3.8, 4) is 0 Å². The number of aromatic nitrogens is 1. The maximum Gasteiger partial charge on any atom is 0.268 e. The first kappa shape index (κ1) is 20.3. The number of fused-ring (bicyclic) bond motifs is 1. The second-order valence-electron chi connectivity index (χ2n) is 6.56. The third kappa shape index (κ3) is 5.08. The highest BCUT2D eigenvalue weighted by Crippen LogP contribution is 2.19. The number of carbonyl (C=O) groups excluding carboxylic acids is 2. The summed E-state index contributed by atoms with van der Waals surface area (Å²) in [5.74, 6) is -0.142. The third-order valence-electron chi connectivity index (χ3n) is 4.33. The number of hydrogen-bond acceptors (Lipinski definition) is 5. The normalized spacial score (nSPS) is 10.9. The maximum atomic E-state index is 12.8. The van der Waals surface area contributed by atoms with Crippen LogP contribution in [0.25, 0.3) is 10.1 Å². The van der Waals surface area contributed by atoms with Gasteiger partial charge in [0.1, 0.15) is 0 Å². The molecular weight excluding hydrogens is 394 g/mol. The minimum atomic E-state index is -0.115. The molecule has 0 saturated heterocycles. The Balaban J connectivity index is 1.67. The van der Waals surface area contributed by atoms with Crippen LogP contribution >= 0.6 is 22.9 Å². The Bertz CT molecular complexity index is 1030. The van der Waals surface area contributed by atoms with Gasteiger partial charge in [-0.25, -0.2) is 0 Å². The van der Waals surface area contributed by atoms with E-state index in [-0.39, 0.29) is 23.8 Å². The van der Waals surface area contributed by atoms with Crippen LogP contribution in [-0.4, -0.2) is 33.8 Å². The predicted octanol–water partition coefficient (Wildman–Crippen LogP) is 2.99. The van der Waals surface area contributed by atoms with Crippen LogP contribution in [0.2, 0.25) is 0 Å². The molecule has 148 valence electrons. The molecule has 1 aromatic carbocycles. The molecule has 0 spiro atoms. The van der Waals surface area contributed by atoms with Crippen molar-refractivity contribution in [1.82, 2.24) is 14.2 Å². The summed E-state index contributed by atoms with van der Waals surface area (Å²) in [5.41, 5.74) is -0.0490. The molecule has 3 aromatic rings. The summed E-state index contributed by atoms with van der Waals surface area (Å²) in [5, 5.41) is 3.43. The summed E-state index contributed by atoms with van der Waals surface area (Å²) in [6.45, 7) is 5.22. The average molecular weight is 418 g/mol. The highest BCUT2D eigenvalue weighted by molar-refractivity contribution is 7.13. The van der Waals surface area contributed by atoms with Gasteiger partial charge in [0.2, 0.25) is 11.8 Å². The number of rotatable bonds is 8. The Morgan fingerprint density at radius 2 is 1.96 bits per heavy atom. The molecule has 0 aliphatic rings. The van der Waals surface area contributed by atoms with Gasteiger partial charge in [0.25, 0.3) is 5.56 Å². The number of benzene rings is 1. The van der Waals surface area contributed by atoms with Gasteiger partial charge in [0.05, 0.1) is 16.6 Å². The molecule has 0 aliphatic heterocycles. The summed E-state index contributed by atoms with van der Waals surface area (Å²) in [6, 6.07) is 11.5. The zero-order valence-electron chi connectivity index (χ0n) is 15.9. The smallest absolute Gasteiger partial charge is 0.268 e. The van der Waals surface area contributed by atoms with Gasteiger partial charge in [-0.15, -0.1) is 11.3 Å². The van der Waals surface area contributed by atoms with E-state index >= 15 is 0 Å². The molecule has 3 rings (SSSR count). The fraction of sp³-hybridized carbons (Fsp3) is 0.350. The lowest BCUT2D eigenvalue weighted by molar-refractivity contribution is -0.132. The average Bonchev–Trinajstić information content (AvgIpc) is 3.22. The van der Waals surface area contributed by atoms with Crippen molar-refractivity contribution in [1.29, 1.82) is 0 Å². The van der Waals surface area contributed by atoms with E-state index in [0.29, 0.717) is 31.6 Å². The zero-order valence-corrected chi connectivity index (χ0v) is 17.6. The molecule has 1 N–H and O–H groups in total. The largest absolute Gasteiger partial charge is 0.355 e. The van der Waals surface area contributed by atoms with Crippen molar-refractivity contribution < 1.29 is 9.59 Å². The van der Waals surface area contributed by atoms with Gasteiger partial charge in [-0.05, 0) is 31.2 Å². The van der Waals surface area contributed by atoms with E-state index in [2.05, 4.69) is 5.32 Å². The molecule has 0 radical (unpaired) electrons. The van der Waals surface area contributed by atoms with Crippen LogP contribution in [0.1, 0.15) is 23.1 Å². The highest BCUT2D eigenvalue weighted by Gasteiger charge is 2.16. The van der Waals surface area contributed by atoms with E-state index in [4.69, 9.17) is 0 Å². The second kappa shape index (κ2) is 9.16. The van der Waals surface area contributed by atoms with E-state index in [1.807, 2.05) is 43.3 Å². The summed E-state index contributed by atoms with van der Waals surface area (Å²) in [4.78, 5) is 40.5. The summed E-state index contributed by atoms with van der Waals surface area (Å²) < 4.78 is 2.57. The lowest BCUT2D eigenvalue weighted by atomic mass is 10.3. The number of thiophene rings is 1. The van der Waals surface area contributed by atoms with Crippen LogP contribution in [0.4, 0.5) is 0 Å². The van der Waals surface area contributed by atoms with Crippen LogP contribution in [0.3, 0.4) is 0 Å². The van der Waals surface area contributed by atoms with Crippen molar-refractivity contribution in [2.75, 3.05) is 13.1 Å². The molecular formula is C20H23N3O3S2. The van der Waals surface area contributed by atoms with Crippen molar-refractivity contribution in [2.24, 2.45) is 0 Å². The minimum absolute atomic E-state index is 0.0271. The molecule has 0 fully saturated rings.